The molecule has 1 aliphatic rings. The highest BCUT2D eigenvalue weighted by atomic mass is 19.1. The summed E-state index contributed by atoms with van der Waals surface area (Å²) in [6.07, 6.45) is 1.83. The molecule has 3 nitrogen and oxygen atoms in total. The molecule has 1 unspecified atom stereocenters. The van der Waals surface area contributed by atoms with Gasteiger partial charge in [0.15, 0.2) is 0 Å². The second-order valence-electron chi connectivity index (χ2n) is 8.29. The molecule has 1 saturated heterocycles. The quantitative estimate of drug-likeness (QED) is 0.572. The fourth-order valence-electron chi connectivity index (χ4n) is 4.48. The lowest BCUT2D eigenvalue weighted by molar-refractivity contribution is 0.306. The Morgan fingerprint density at radius 2 is 1.55 bits per heavy atom. The van der Waals surface area contributed by atoms with E-state index in [-0.39, 0.29) is 5.82 Å². The smallest absolute Gasteiger partial charge is 0.123 e. The van der Waals surface area contributed by atoms with Gasteiger partial charge in [0.25, 0.3) is 0 Å². The van der Waals surface area contributed by atoms with E-state index in [0.717, 1.165) is 55.7 Å². The van der Waals surface area contributed by atoms with Gasteiger partial charge in [-0.2, -0.15) is 5.26 Å². The molecular weight excluding hydrogens is 385 g/mol. The van der Waals surface area contributed by atoms with E-state index >= 15 is 0 Å². The number of hydrogen-bond acceptors (Lipinski definition) is 3. The van der Waals surface area contributed by atoms with E-state index in [2.05, 4.69) is 40.6 Å². The van der Waals surface area contributed by atoms with Crippen LogP contribution in [0.25, 0.3) is 0 Å². The third-order valence-corrected chi connectivity index (χ3v) is 6.31. The third kappa shape index (κ3) is 5.02. The molecule has 158 valence electrons. The number of nitriles is 1. The van der Waals surface area contributed by atoms with Crippen molar-refractivity contribution < 1.29 is 4.39 Å². The fraction of sp³-hybridized carbons (Fsp3) is 0.296. The topological polar surface area (TPSA) is 39.1 Å². The van der Waals surface area contributed by atoms with Crippen LogP contribution in [0.5, 0.6) is 0 Å². The van der Waals surface area contributed by atoms with Crippen molar-refractivity contribution in [2.45, 2.75) is 30.8 Å². The van der Waals surface area contributed by atoms with Crippen LogP contribution in [0, 0.1) is 17.1 Å². The molecule has 1 aliphatic heterocycles. The molecule has 0 amide bonds. The maximum absolute atomic E-state index is 13.1. The predicted octanol–water partition coefficient (Wildman–Crippen LogP) is 4.89. The molecule has 1 N–H and O–H groups in total. The summed E-state index contributed by atoms with van der Waals surface area (Å²) in [4.78, 5) is 2.44. The average Bonchev–Trinajstić information content (AvgIpc) is 3.29. The lowest BCUT2D eigenvalue weighted by atomic mass is 9.73. The Labute approximate surface area is 184 Å². The molecule has 4 rings (SSSR count). The molecule has 3 aromatic rings. The summed E-state index contributed by atoms with van der Waals surface area (Å²) in [5.74, 6) is -0.200. The first kappa shape index (κ1) is 21.2. The Kier molecular flexibility index (Phi) is 6.76. The van der Waals surface area contributed by atoms with Crippen LogP contribution in [0.2, 0.25) is 0 Å². The Balaban J connectivity index is 1.40. The normalized spacial score (nSPS) is 16.8. The largest absolute Gasteiger partial charge is 0.309 e. The summed E-state index contributed by atoms with van der Waals surface area (Å²) in [7, 11) is 0. The monoisotopic (exact) mass is 413 g/mol. The van der Waals surface area contributed by atoms with E-state index in [1.165, 1.54) is 12.1 Å². The first-order chi connectivity index (χ1) is 15.2. The zero-order chi connectivity index (χ0) is 21.5. The first-order valence-corrected chi connectivity index (χ1v) is 10.9. The van der Waals surface area contributed by atoms with E-state index in [9.17, 15) is 9.65 Å². The van der Waals surface area contributed by atoms with Crippen LogP contribution in [0.4, 0.5) is 4.39 Å². The van der Waals surface area contributed by atoms with Crippen LogP contribution in [0.3, 0.4) is 0 Å². The highest BCUT2D eigenvalue weighted by Crippen LogP contribution is 2.35. The maximum atomic E-state index is 13.1. The number of likely N-dealkylation sites (tertiary alicyclic amines) is 1. The third-order valence-electron chi connectivity index (χ3n) is 6.31. The number of hydrogen-bond donors (Lipinski definition) is 1. The van der Waals surface area contributed by atoms with Crippen LogP contribution < -0.4 is 5.32 Å². The first-order valence-electron chi connectivity index (χ1n) is 10.9. The van der Waals surface area contributed by atoms with E-state index in [4.69, 9.17) is 0 Å². The Morgan fingerprint density at radius 1 is 0.935 bits per heavy atom. The van der Waals surface area contributed by atoms with Crippen molar-refractivity contribution in [1.82, 2.24) is 10.2 Å². The van der Waals surface area contributed by atoms with Crippen molar-refractivity contribution in [2.75, 3.05) is 19.6 Å². The van der Waals surface area contributed by atoms with Crippen LogP contribution in [-0.2, 0) is 12.0 Å². The van der Waals surface area contributed by atoms with E-state index in [0.29, 0.717) is 6.04 Å². The minimum atomic E-state index is -0.651. The van der Waals surface area contributed by atoms with Gasteiger partial charge in [-0.1, -0.05) is 72.8 Å². The Morgan fingerprint density at radius 3 is 2.13 bits per heavy atom. The molecule has 0 radical (unpaired) electrons. The van der Waals surface area contributed by atoms with Crippen LogP contribution >= 0.6 is 0 Å². The standard InChI is InChI=1S/C27H28FN3/c28-25-13-11-22(12-14-25)19-30-26-15-17-31(20-26)18-16-27(21-29,23-7-3-1-4-8-23)24-9-5-2-6-10-24/h1-14,26,30H,15-20H2. The fourth-order valence-corrected chi connectivity index (χ4v) is 4.48. The van der Waals surface area contributed by atoms with Crippen LogP contribution in [-0.4, -0.2) is 30.6 Å². The molecule has 0 bridgehead atoms. The number of nitrogens with one attached hydrogen (secondary N) is 1. The molecule has 4 heteroatoms. The summed E-state index contributed by atoms with van der Waals surface area (Å²) >= 11 is 0. The van der Waals surface area contributed by atoms with Gasteiger partial charge in [-0.3, -0.25) is 0 Å². The van der Waals surface area contributed by atoms with Gasteiger partial charge in [-0.05, 0) is 48.2 Å². The van der Waals surface area contributed by atoms with Crippen LogP contribution in [0.1, 0.15) is 29.5 Å². The van der Waals surface area contributed by atoms with Crippen molar-refractivity contribution in [3.8, 4) is 6.07 Å². The maximum Gasteiger partial charge on any atom is 0.123 e. The van der Waals surface area contributed by atoms with Gasteiger partial charge in [0.1, 0.15) is 11.2 Å². The zero-order valence-corrected chi connectivity index (χ0v) is 17.7. The van der Waals surface area contributed by atoms with Crippen molar-refractivity contribution in [2.24, 2.45) is 0 Å². The van der Waals surface area contributed by atoms with Gasteiger partial charge in [-0.25, -0.2) is 4.39 Å². The second kappa shape index (κ2) is 9.87. The molecule has 1 heterocycles. The van der Waals surface area contributed by atoms with Crippen molar-refractivity contribution >= 4 is 0 Å². The summed E-state index contributed by atoms with van der Waals surface area (Å²) in [5, 5.41) is 13.9. The minimum Gasteiger partial charge on any atom is -0.309 e. The van der Waals surface area contributed by atoms with Gasteiger partial charge < -0.3 is 10.2 Å². The molecule has 0 spiro atoms. The van der Waals surface area contributed by atoms with Gasteiger partial charge >= 0.3 is 0 Å². The Bertz CT molecular complexity index is 957. The van der Waals surface area contributed by atoms with E-state index in [1.807, 2.05) is 48.5 Å². The number of halogens is 1. The average molecular weight is 414 g/mol. The molecule has 0 aliphatic carbocycles. The second-order valence-corrected chi connectivity index (χ2v) is 8.29. The molecule has 1 fully saturated rings. The Hall–Kier alpha value is -3.00. The van der Waals surface area contributed by atoms with Crippen LogP contribution in [0.15, 0.2) is 84.9 Å². The van der Waals surface area contributed by atoms with Crippen molar-refractivity contribution in [3.05, 3.63) is 107 Å². The molecule has 31 heavy (non-hydrogen) atoms. The van der Waals surface area contributed by atoms with E-state index < -0.39 is 5.41 Å². The molecular formula is C27H28FN3. The molecule has 1 atom stereocenters. The van der Waals surface area contributed by atoms with Gasteiger partial charge in [0, 0.05) is 25.7 Å². The SMILES string of the molecule is N#CC(CCN1CCC(NCc2ccc(F)cc2)C1)(c1ccccc1)c1ccccc1. The van der Waals surface area contributed by atoms with Gasteiger partial charge in [0.2, 0.25) is 0 Å². The van der Waals surface area contributed by atoms with E-state index in [1.54, 1.807) is 0 Å². The van der Waals surface area contributed by atoms with Gasteiger partial charge in [-0.15, -0.1) is 0 Å². The summed E-state index contributed by atoms with van der Waals surface area (Å²) in [6.45, 7) is 3.60. The number of nitrogens with zero attached hydrogens (tertiary/aromatic N) is 2. The zero-order valence-electron chi connectivity index (χ0n) is 17.7. The highest BCUT2D eigenvalue weighted by molar-refractivity contribution is 5.45. The summed E-state index contributed by atoms with van der Waals surface area (Å²) in [5.41, 5.74) is 2.54. The molecule has 0 saturated carbocycles. The van der Waals surface area contributed by atoms with Crippen molar-refractivity contribution in [3.63, 3.8) is 0 Å². The number of benzene rings is 3. The summed E-state index contributed by atoms with van der Waals surface area (Å²) < 4.78 is 13.1. The highest BCUT2D eigenvalue weighted by Gasteiger charge is 2.35. The van der Waals surface area contributed by atoms with Gasteiger partial charge in [0.05, 0.1) is 6.07 Å². The lowest BCUT2D eigenvalue weighted by Crippen LogP contribution is -2.35. The lowest BCUT2D eigenvalue weighted by Gasteiger charge is -2.30. The molecule has 3 aromatic carbocycles. The number of rotatable bonds is 8. The molecule has 0 aromatic heterocycles. The predicted molar refractivity (Wildman–Crippen MR) is 122 cm³/mol. The van der Waals surface area contributed by atoms with Crippen molar-refractivity contribution in [1.29, 1.82) is 5.26 Å². The summed E-state index contributed by atoms with van der Waals surface area (Å²) in [6, 6.07) is 30.0. The minimum absolute atomic E-state index is 0.200.